The number of rotatable bonds is 5. The van der Waals surface area contributed by atoms with Crippen LogP contribution in [0.15, 0.2) is 76.0 Å². The maximum absolute atomic E-state index is 13.2. The van der Waals surface area contributed by atoms with Gasteiger partial charge in [-0.15, -0.1) is 0 Å². The van der Waals surface area contributed by atoms with Crippen LogP contribution in [-0.4, -0.2) is 24.4 Å². The average molecular weight is 405 g/mol. The van der Waals surface area contributed by atoms with Crippen LogP contribution in [-0.2, 0) is 6.42 Å². The Morgan fingerprint density at radius 1 is 1.07 bits per heavy atom. The molecule has 0 atom stereocenters. The Morgan fingerprint density at radius 3 is 2.41 bits per heavy atom. The molecule has 0 bridgehead atoms. The lowest BCUT2D eigenvalue weighted by molar-refractivity contribution is -0.385. The first-order chi connectivity index (χ1) is 14.1. The van der Waals surface area contributed by atoms with Gasteiger partial charge in [-0.05, 0) is 48.0 Å². The van der Waals surface area contributed by atoms with E-state index in [1.54, 1.807) is 18.2 Å². The number of benzene rings is 2. The lowest BCUT2D eigenvalue weighted by Gasteiger charge is -2.13. The number of fused-ring (bicyclic) bond motifs is 1. The molecule has 0 aliphatic heterocycles. The first kappa shape index (κ1) is 18.8. The first-order valence-corrected chi connectivity index (χ1v) is 9.64. The Balaban J connectivity index is 1.86. The molecular formula is C20H15N5O3S. The summed E-state index contributed by atoms with van der Waals surface area (Å²) < 4.78 is 1.51. The third-order valence-corrected chi connectivity index (χ3v) is 5.21. The normalized spacial score (nSPS) is 10.9. The number of nitrogens with zero attached hydrogens (tertiary/aromatic N) is 5. The van der Waals surface area contributed by atoms with Gasteiger partial charge in [-0.3, -0.25) is 19.5 Å². The maximum Gasteiger partial charge on any atom is 0.305 e. The molecule has 0 unspecified atom stereocenters. The predicted molar refractivity (Wildman–Crippen MR) is 110 cm³/mol. The van der Waals surface area contributed by atoms with Crippen LogP contribution in [0.1, 0.15) is 12.5 Å². The van der Waals surface area contributed by atoms with Crippen LogP contribution in [0.2, 0.25) is 0 Å². The van der Waals surface area contributed by atoms with Crippen LogP contribution < -0.4 is 5.56 Å². The zero-order chi connectivity index (χ0) is 20.4. The minimum Gasteiger partial charge on any atom is -0.268 e. The summed E-state index contributed by atoms with van der Waals surface area (Å²) in [5.41, 5.74) is 1.99. The second kappa shape index (κ2) is 7.80. The third-order valence-electron chi connectivity index (χ3n) is 4.36. The van der Waals surface area contributed by atoms with E-state index in [9.17, 15) is 14.9 Å². The second-order valence-corrected chi connectivity index (χ2v) is 7.09. The number of aromatic nitrogens is 4. The highest BCUT2D eigenvalue weighted by Crippen LogP contribution is 2.26. The Labute approximate surface area is 169 Å². The molecule has 0 N–H and O–H groups in total. The minimum absolute atomic E-state index is 0.201. The Hall–Kier alpha value is -3.59. The van der Waals surface area contributed by atoms with E-state index in [1.807, 2.05) is 30.3 Å². The van der Waals surface area contributed by atoms with Crippen molar-refractivity contribution in [3.8, 4) is 5.69 Å². The molecule has 0 fully saturated rings. The predicted octanol–water partition coefficient (Wildman–Crippen LogP) is 3.80. The zero-order valence-corrected chi connectivity index (χ0v) is 16.2. The van der Waals surface area contributed by atoms with E-state index in [2.05, 4.69) is 21.9 Å². The van der Waals surface area contributed by atoms with Crippen LogP contribution in [0.3, 0.4) is 0 Å². The van der Waals surface area contributed by atoms with Crippen LogP contribution >= 0.6 is 11.8 Å². The van der Waals surface area contributed by atoms with Crippen LogP contribution in [0.4, 0.5) is 5.69 Å². The summed E-state index contributed by atoms with van der Waals surface area (Å²) in [5, 5.41) is 12.0. The van der Waals surface area contributed by atoms with E-state index in [0.717, 1.165) is 36.1 Å². The molecule has 0 saturated heterocycles. The van der Waals surface area contributed by atoms with Crippen molar-refractivity contribution in [2.45, 2.75) is 23.7 Å². The van der Waals surface area contributed by atoms with Gasteiger partial charge in [0.25, 0.3) is 5.56 Å². The number of nitro groups is 1. The van der Waals surface area contributed by atoms with Gasteiger partial charge in [0.2, 0.25) is 0 Å². The molecule has 0 saturated carbocycles. The van der Waals surface area contributed by atoms with E-state index in [1.165, 1.54) is 4.57 Å². The molecular weight excluding hydrogens is 390 g/mol. The van der Waals surface area contributed by atoms with Gasteiger partial charge in [0, 0.05) is 0 Å². The van der Waals surface area contributed by atoms with E-state index in [4.69, 9.17) is 0 Å². The van der Waals surface area contributed by atoms with Crippen molar-refractivity contribution >= 4 is 28.4 Å². The van der Waals surface area contributed by atoms with Crippen molar-refractivity contribution in [1.82, 2.24) is 19.5 Å². The number of para-hydroxylation sites is 1. The molecule has 0 spiro atoms. The molecule has 8 nitrogen and oxygen atoms in total. The van der Waals surface area contributed by atoms with Crippen molar-refractivity contribution in [3.05, 3.63) is 87.0 Å². The van der Waals surface area contributed by atoms with Crippen LogP contribution in [0, 0.1) is 10.1 Å². The van der Waals surface area contributed by atoms with Crippen LogP contribution in [0.25, 0.3) is 16.6 Å². The van der Waals surface area contributed by atoms with Gasteiger partial charge in [-0.2, -0.15) is 0 Å². The van der Waals surface area contributed by atoms with Gasteiger partial charge in [0.1, 0.15) is 12.4 Å². The van der Waals surface area contributed by atoms with Crippen molar-refractivity contribution in [2.75, 3.05) is 0 Å². The second-order valence-electron chi connectivity index (χ2n) is 6.16. The quantitative estimate of drug-likeness (QED) is 0.283. The van der Waals surface area contributed by atoms with E-state index in [-0.39, 0.29) is 16.4 Å². The Kier molecular flexibility index (Phi) is 5.05. The SMILES string of the molecule is CCc1ccc(-n2c(Sc3ncc([N+](=O)[O-])cn3)nc3ccccc3c2=O)cc1. The first-order valence-electron chi connectivity index (χ1n) is 8.82. The number of aryl methyl sites for hydroxylation is 1. The molecule has 0 radical (unpaired) electrons. The molecule has 0 amide bonds. The molecule has 0 aliphatic carbocycles. The number of hydrogen-bond acceptors (Lipinski definition) is 7. The summed E-state index contributed by atoms with van der Waals surface area (Å²) in [6.07, 6.45) is 3.16. The monoisotopic (exact) mass is 405 g/mol. The summed E-state index contributed by atoms with van der Waals surface area (Å²) >= 11 is 1.08. The molecule has 4 aromatic rings. The molecule has 144 valence electrons. The minimum atomic E-state index is -0.562. The highest BCUT2D eigenvalue weighted by atomic mass is 32.2. The average Bonchev–Trinajstić information content (AvgIpc) is 2.74. The molecule has 2 heterocycles. The maximum atomic E-state index is 13.2. The fraction of sp³-hybridized carbons (Fsp3) is 0.100. The largest absolute Gasteiger partial charge is 0.305 e. The standard InChI is InChI=1S/C20H15N5O3S/c1-2-13-7-9-14(10-8-13)24-18(26)16-5-3-4-6-17(16)23-20(24)29-19-21-11-15(12-22-19)25(27)28/h3-12H,2H2,1H3. The molecule has 29 heavy (non-hydrogen) atoms. The third kappa shape index (κ3) is 3.72. The van der Waals surface area contributed by atoms with Crippen LogP contribution in [0.5, 0.6) is 0 Å². The molecule has 4 rings (SSSR count). The van der Waals surface area contributed by atoms with Gasteiger partial charge in [-0.25, -0.2) is 15.0 Å². The fourth-order valence-corrected chi connectivity index (χ4v) is 3.62. The van der Waals surface area contributed by atoms with Gasteiger partial charge >= 0.3 is 5.69 Å². The lowest BCUT2D eigenvalue weighted by Crippen LogP contribution is -2.21. The summed E-state index contributed by atoms with van der Waals surface area (Å²) in [4.78, 5) is 36.1. The molecule has 2 aromatic carbocycles. The van der Waals surface area contributed by atoms with Crippen molar-refractivity contribution in [1.29, 1.82) is 0 Å². The van der Waals surface area contributed by atoms with Gasteiger partial charge in [-0.1, -0.05) is 31.2 Å². The van der Waals surface area contributed by atoms with Crippen molar-refractivity contribution in [3.63, 3.8) is 0 Å². The Bertz CT molecular complexity index is 1250. The molecule has 9 heteroatoms. The summed E-state index contributed by atoms with van der Waals surface area (Å²) in [6, 6.07) is 14.8. The summed E-state index contributed by atoms with van der Waals surface area (Å²) in [5.74, 6) is 0. The lowest BCUT2D eigenvalue weighted by atomic mass is 10.1. The van der Waals surface area contributed by atoms with Gasteiger partial charge < -0.3 is 0 Å². The van der Waals surface area contributed by atoms with Crippen molar-refractivity contribution in [2.24, 2.45) is 0 Å². The smallest absolute Gasteiger partial charge is 0.268 e. The van der Waals surface area contributed by atoms with E-state index in [0.29, 0.717) is 21.7 Å². The molecule has 0 aliphatic rings. The fourth-order valence-electron chi connectivity index (χ4n) is 2.83. The van der Waals surface area contributed by atoms with Gasteiger partial charge in [0.15, 0.2) is 10.3 Å². The van der Waals surface area contributed by atoms with Gasteiger partial charge in [0.05, 0.1) is 21.5 Å². The molecule has 2 aromatic heterocycles. The highest BCUT2D eigenvalue weighted by Gasteiger charge is 2.16. The van der Waals surface area contributed by atoms with E-state index < -0.39 is 4.92 Å². The topological polar surface area (TPSA) is 104 Å². The Morgan fingerprint density at radius 2 is 1.76 bits per heavy atom. The summed E-state index contributed by atoms with van der Waals surface area (Å²) in [7, 11) is 0. The highest BCUT2D eigenvalue weighted by molar-refractivity contribution is 7.99. The number of hydrogen-bond donors (Lipinski definition) is 0. The summed E-state index contributed by atoms with van der Waals surface area (Å²) in [6.45, 7) is 2.06. The van der Waals surface area contributed by atoms with Crippen molar-refractivity contribution < 1.29 is 4.92 Å². The zero-order valence-electron chi connectivity index (χ0n) is 15.3. The van der Waals surface area contributed by atoms with E-state index >= 15 is 0 Å².